The molecular formula is C14H25Cl2N3O2S. The molecule has 0 aromatic carbocycles. The number of methoxy groups -OCH3 is 1. The molecule has 1 fully saturated rings. The lowest BCUT2D eigenvalue weighted by molar-refractivity contribution is -0.122. The first-order chi connectivity index (χ1) is 9.60. The largest absolute Gasteiger partial charge is 0.375 e. The number of aromatic nitrogens is 1. The minimum absolute atomic E-state index is 0. The molecule has 0 bridgehead atoms. The monoisotopic (exact) mass is 369 g/mol. The Bertz CT molecular complexity index is 459. The predicted octanol–water partition coefficient (Wildman–Crippen LogP) is 2.83. The molecule has 0 radical (unpaired) electrons. The standard InChI is InChI=1S/C14H23N3O2S.2ClH/c1-9(19-2)14-17-11(8-20-14)7-16-13(18)6-10-4-3-5-12(10)15;;/h8-10,12H,3-7,15H2,1-2H3,(H,16,18);2*1H/t9?,10-,12+;;/m0../s1. The second kappa shape index (κ2) is 10.4. The number of carbonyl (C=O) groups excluding carboxylic acids is 1. The molecule has 1 aromatic rings. The van der Waals surface area contributed by atoms with Crippen molar-refractivity contribution in [3.63, 3.8) is 0 Å². The Balaban J connectivity index is 0.00000220. The van der Waals surface area contributed by atoms with Crippen LogP contribution in [-0.2, 0) is 16.1 Å². The highest BCUT2D eigenvalue weighted by molar-refractivity contribution is 7.09. The summed E-state index contributed by atoms with van der Waals surface area (Å²) in [6.45, 7) is 2.44. The normalized spacial score (nSPS) is 21.6. The van der Waals surface area contributed by atoms with Crippen LogP contribution in [0.1, 0.15) is 49.4 Å². The number of hydrogen-bond donors (Lipinski definition) is 2. The van der Waals surface area contributed by atoms with Crippen molar-refractivity contribution in [3.8, 4) is 0 Å². The van der Waals surface area contributed by atoms with Crippen molar-refractivity contribution in [3.05, 3.63) is 16.1 Å². The van der Waals surface area contributed by atoms with Gasteiger partial charge in [-0.25, -0.2) is 4.98 Å². The van der Waals surface area contributed by atoms with E-state index < -0.39 is 0 Å². The van der Waals surface area contributed by atoms with E-state index >= 15 is 0 Å². The number of halogens is 2. The number of nitrogens with two attached hydrogens (primary N) is 1. The lowest BCUT2D eigenvalue weighted by Gasteiger charge is -2.14. The quantitative estimate of drug-likeness (QED) is 0.807. The van der Waals surface area contributed by atoms with Gasteiger partial charge in [0.2, 0.25) is 5.91 Å². The molecule has 0 saturated heterocycles. The van der Waals surface area contributed by atoms with Crippen LogP contribution in [-0.4, -0.2) is 24.0 Å². The molecule has 1 amide bonds. The third kappa shape index (κ3) is 6.01. The summed E-state index contributed by atoms with van der Waals surface area (Å²) < 4.78 is 5.22. The molecule has 22 heavy (non-hydrogen) atoms. The Morgan fingerprint density at radius 3 is 2.86 bits per heavy atom. The highest BCUT2D eigenvalue weighted by Crippen LogP contribution is 2.26. The second-order valence-electron chi connectivity index (χ2n) is 5.39. The smallest absolute Gasteiger partial charge is 0.220 e. The predicted molar refractivity (Wildman–Crippen MR) is 93.8 cm³/mol. The molecule has 1 aliphatic carbocycles. The Morgan fingerprint density at radius 2 is 2.27 bits per heavy atom. The van der Waals surface area contributed by atoms with Crippen LogP contribution in [0.3, 0.4) is 0 Å². The highest BCUT2D eigenvalue weighted by Gasteiger charge is 2.25. The van der Waals surface area contributed by atoms with Gasteiger partial charge in [0.05, 0.1) is 12.2 Å². The molecule has 5 nitrogen and oxygen atoms in total. The molecule has 1 heterocycles. The van der Waals surface area contributed by atoms with E-state index in [2.05, 4.69) is 10.3 Å². The van der Waals surface area contributed by atoms with E-state index in [4.69, 9.17) is 10.5 Å². The van der Waals surface area contributed by atoms with E-state index in [0.29, 0.717) is 18.9 Å². The summed E-state index contributed by atoms with van der Waals surface area (Å²) in [4.78, 5) is 16.4. The first-order valence-electron chi connectivity index (χ1n) is 7.09. The summed E-state index contributed by atoms with van der Waals surface area (Å²) in [5.74, 6) is 0.413. The maximum atomic E-state index is 11.9. The third-order valence-electron chi connectivity index (χ3n) is 3.90. The van der Waals surface area contributed by atoms with Gasteiger partial charge in [0.1, 0.15) is 11.1 Å². The van der Waals surface area contributed by atoms with Gasteiger partial charge < -0.3 is 15.8 Å². The average molecular weight is 370 g/mol. The fourth-order valence-electron chi connectivity index (χ4n) is 2.51. The number of amides is 1. The van der Waals surface area contributed by atoms with Gasteiger partial charge >= 0.3 is 0 Å². The molecule has 3 N–H and O–H groups in total. The number of nitrogens with one attached hydrogen (secondary N) is 1. The van der Waals surface area contributed by atoms with E-state index in [1.54, 1.807) is 18.4 Å². The number of nitrogens with zero attached hydrogens (tertiary/aromatic N) is 1. The second-order valence-corrected chi connectivity index (χ2v) is 6.28. The van der Waals surface area contributed by atoms with E-state index in [-0.39, 0.29) is 42.9 Å². The minimum Gasteiger partial charge on any atom is -0.375 e. The average Bonchev–Trinajstić information content (AvgIpc) is 3.06. The fraction of sp³-hybridized carbons (Fsp3) is 0.714. The Morgan fingerprint density at radius 1 is 1.55 bits per heavy atom. The molecule has 0 spiro atoms. The number of carbonyl (C=O) groups is 1. The number of hydrogen-bond acceptors (Lipinski definition) is 5. The summed E-state index contributed by atoms with van der Waals surface area (Å²) >= 11 is 1.56. The van der Waals surface area contributed by atoms with Crippen molar-refractivity contribution in [2.75, 3.05) is 7.11 Å². The summed E-state index contributed by atoms with van der Waals surface area (Å²) in [5.41, 5.74) is 6.87. The molecule has 8 heteroatoms. The lowest BCUT2D eigenvalue weighted by Crippen LogP contribution is -2.31. The van der Waals surface area contributed by atoms with Gasteiger partial charge in [-0.15, -0.1) is 36.2 Å². The molecule has 0 aliphatic heterocycles. The van der Waals surface area contributed by atoms with E-state index in [9.17, 15) is 4.79 Å². The van der Waals surface area contributed by atoms with Crippen molar-refractivity contribution in [2.45, 2.75) is 51.3 Å². The maximum absolute atomic E-state index is 11.9. The van der Waals surface area contributed by atoms with E-state index in [1.807, 2.05) is 12.3 Å². The third-order valence-corrected chi connectivity index (χ3v) is 4.96. The van der Waals surface area contributed by atoms with Gasteiger partial charge in [-0.2, -0.15) is 0 Å². The van der Waals surface area contributed by atoms with Crippen LogP contribution in [0.15, 0.2) is 5.38 Å². The zero-order valence-corrected chi connectivity index (χ0v) is 15.4. The summed E-state index contributed by atoms with van der Waals surface area (Å²) in [6, 6.07) is 0.189. The van der Waals surface area contributed by atoms with Crippen LogP contribution in [0.5, 0.6) is 0 Å². The van der Waals surface area contributed by atoms with Crippen LogP contribution >= 0.6 is 36.2 Å². The van der Waals surface area contributed by atoms with Crippen molar-refractivity contribution >= 4 is 42.1 Å². The molecule has 2 rings (SSSR count). The zero-order valence-electron chi connectivity index (χ0n) is 12.9. The van der Waals surface area contributed by atoms with Gasteiger partial charge in [0.25, 0.3) is 0 Å². The fourth-order valence-corrected chi connectivity index (χ4v) is 3.36. The van der Waals surface area contributed by atoms with E-state index in [1.165, 1.54) is 0 Å². The molecule has 3 atom stereocenters. The van der Waals surface area contributed by atoms with Crippen LogP contribution in [0, 0.1) is 5.92 Å². The molecule has 1 unspecified atom stereocenters. The van der Waals surface area contributed by atoms with Gasteiger partial charge in [0, 0.05) is 25.0 Å². The van der Waals surface area contributed by atoms with Gasteiger partial charge in [0.15, 0.2) is 0 Å². The highest BCUT2D eigenvalue weighted by atomic mass is 35.5. The lowest BCUT2D eigenvalue weighted by atomic mass is 10.00. The van der Waals surface area contributed by atoms with Gasteiger partial charge in [-0.1, -0.05) is 6.42 Å². The molecule has 1 saturated carbocycles. The molecule has 128 valence electrons. The summed E-state index contributed by atoms with van der Waals surface area (Å²) in [6.07, 6.45) is 3.79. The van der Waals surface area contributed by atoms with Gasteiger partial charge in [-0.05, 0) is 25.7 Å². The minimum atomic E-state index is 0. The molecular weight excluding hydrogens is 345 g/mol. The van der Waals surface area contributed by atoms with Crippen molar-refractivity contribution in [1.29, 1.82) is 0 Å². The van der Waals surface area contributed by atoms with Crippen LogP contribution in [0.4, 0.5) is 0 Å². The first kappa shape index (κ1) is 21.6. The Kier molecular flexibility index (Phi) is 10.2. The van der Waals surface area contributed by atoms with Crippen molar-refractivity contribution in [2.24, 2.45) is 11.7 Å². The summed E-state index contributed by atoms with van der Waals surface area (Å²) in [7, 11) is 1.67. The van der Waals surface area contributed by atoms with Crippen molar-refractivity contribution < 1.29 is 9.53 Å². The van der Waals surface area contributed by atoms with Gasteiger partial charge in [-0.3, -0.25) is 4.79 Å². The number of ether oxygens (including phenoxy) is 1. The summed E-state index contributed by atoms with van der Waals surface area (Å²) in [5, 5.41) is 5.83. The topological polar surface area (TPSA) is 77.2 Å². The number of thiazole rings is 1. The molecule has 1 aromatic heterocycles. The van der Waals surface area contributed by atoms with E-state index in [0.717, 1.165) is 30.0 Å². The molecule has 1 aliphatic rings. The first-order valence-corrected chi connectivity index (χ1v) is 7.97. The Labute approximate surface area is 148 Å². The number of rotatable bonds is 6. The van der Waals surface area contributed by atoms with Crippen LogP contribution in [0.25, 0.3) is 0 Å². The Hall–Kier alpha value is -0.400. The SMILES string of the molecule is COC(C)c1nc(CNC(=O)C[C@@H]2CCC[C@H]2N)cs1.Cl.Cl. The maximum Gasteiger partial charge on any atom is 0.220 e. The van der Waals surface area contributed by atoms with Crippen LogP contribution < -0.4 is 11.1 Å². The van der Waals surface area contributed by atoms with Crippen LogP contribution in [0.2, 0.25) is 0 Å². The zero-order chi connectivity index (χ0) is 14.5. The van der Waals surface area contributed by atoms with Crippen molar-refractivity contribution in [1.82, 2.24) is 10.3 Å².